The van der Waals surface area contributed by atoms with E-state index in [4.69, 9.17) is 32.7 Å². The molecule has 2 fully saturated rings. The number of nitrogens with zero attached hydrogens (tertiary/aromatic N) is 2. The molecular weight excluding hydrogens is 463 g/mol. The van der Waals surface area contributed by atoms with Crippen LogP contribution >= 0.6 is 23.2 Å². The van der Waals surface area contributed by atoms with Crippen LogP contribution in [0.3, 0.4) is 0 Å². The lowest BCUT2D eigenvalue weighted by Gasteiger charge is -2.15. The van der Waals surface area contributed by atoms with Crippen LogP contribution in [-0.2, 0) is 16.2 Å². The lowest BCUT2D eigenvalue weighted by Crippen LogP contribution is -2.28. The van der Waals surface area contributed by atoms with Crippen LogP contribution in [0.4, 0.5) is 0 Å². The van der Waals surface area contributed by atoms with Gasteiger partial charge in [0, 0.05) is 10.6 Å². The van der Waals surface area contributed by atoms with Crippen LogP contribution in [-0.4, -0.2) is 29.6 Å². The fourth-order valence-corrected chi connectivity index (χ4v) is 5.42. The lowest BCUT2D eigenvalue weighted by atomic mass is 9.85. The van der Waals surface area contributed by atoms with Crippen molar-refractivity contribution in [2.24, 2.45) is 28.8 Å². The number of rotatable bonds is 7. The molecule has 1 saturated carbocycles. The van der Waals surface area contributed by atoms with Gasteiger partial charge in [0.1, 0.15) is 6.61 Å². The number of hydrazone groups is 1. The summed E-state index contributed by atoms with van der Waals surface area (Å²) in [4.78, 5) is 25.6. The number of carbonyl (C=O) groups is 2. The largest absolute Gasteiger partial charge is 0.490 e. The number of amides is 2. The van der Waals surface area contributed by atoms with E-state index in [2.05, 4.69) is 17.3 Å². The van der Waals surface area contributed by atoms with Crippen LogP contribution in [0, 0.1) is 23.7 Å². The normalized spacial score (nSPS) is 25.4. The number of imide groups is 1. The minimum atomic E-state index is -0.284. The highest BCUT2D eigenvalue weighted by Crippen LogP contribution is 2.52. The molecule has 2 amide bonds. The van der Waals surface area contributed by atoms with Gasteiger partial charge in [-0.25, -0.2) is 0 Å². The van der Waals surface area contributed by atoms with Crippen LogP contribution in [0.15, 0.2) is 53.7 Å². The first-order valence-electron chi connectivity index (χ1n) is 10.9. The first-order chi connectivity index (χ1) is 16.0. The van der Waals surface area contributed by atoms with Crippen LogP contribution in [0.2, 0.25) is 10.0 Å². The highest BCUT2D eigenvalue weighted by Gasteiger charge is 2.59. The van der Waals surface area contributed by atoms with Gasteiger partial charge in [-0.1, -0.05) is 53.6 Å². The fraction of sp³-hybridized carbons (Fsp3) is 0.320. The van der Waals surface area contributed by atoms with Crippen molar-refractivity contribution in [3.63, 3.8) is 0 Å². The molecule has 33 heavy (non-hydrogen) atoms. The summed E-state index contributed by atoms with van der Waals surface area (Å²) in [5.74, 6) is 0.0941. The zero-order chi connectivity index (χ0) is 23.1. The maximum atomic E-state index is 12.8. The van der Waals surface area contributed by atoms with E-state index in [0.717, 1.165) is 17.0 Å². The highest BCUT2D eigenvalue weighted by atomic mass is 35.5. The summed E-state index contributed by atoms with van der Waals surface area (Å²) in [6.07, 6.45) is 6.45. The summed E-state index contributed by atoms with van der Waals surface area (Å²) in [6, 6.07) is 10.8. The van der Waals surface area contributed by atoms with Gasteiger partial charge < -0.3 is 9.47 Å². The SMILES string of the molecule is CCOc1cc(C=NN2C(=O)C3C4C=CC(C4)C3C2=O)cc(Cl)c1OCc1ccccc1Cl. The predicted octanol–water partition coefficient (Wildman–Crippen LogP) is 5.11. The van der Waals surface area contributed by atoms with Crippen molar-refractivity contribution < 1.29 is 19.1 Å². The average Bonchev–Trinajstić information content (AvgIpc) is 3.47. The van der Waals surface area contributed by atoms with Crippen molar-refractivity contribution in [1.29, 1.82) is 0 Å². The van der Waals surface area contributed by atoms with Crippen molar-refractivity contribution in [3.05, 3.63) is 69.7 Å². The van der Waals surface area contributed by atoms with Gasteiger partial charge in [-0.05, 0) is 48.9 Å². The Morgan fingerprint density at radius 2 is 1.73 bits per heavy atom. The molecule has 6 nitrogen and oxygen atoms in total. The number of carbonyl (C=O) groups excluding carboxylic acids is 2. The van der Waals surface area contributed by atoms with Gasteiger partial charge >= 0.3 is 0 Å². The van der Waals surface area contributed by atoms with Crippen molar-refractivity contribution in [2.75, 3.05) is 6.61 Å². The monoisotopic (exact) mass is 484 g/mol. The van der Waals surface area contributed by atoms with Crippen molar-refractivity contribution in [2.45, 2.75) is 20.0 Å². The minimum Gasteiger partial charge on any atom is -0.490 e. The standard InChI is InChI=1S/C25H22Cl2N2O4/c1-2-32-20-10-14(9-19(27)23(20)33-13-17-5-3-4-6-18(17)26)12-28-29-24(30)21-15-7-8-16(11-15)22(21)25(29)31/h3-10,12,15-16,21-22H,2,11,13H2,1H3. The van der Waals surface area contributed by atoms with E-state index in [-0.39, 0.29) is 42.1 Å². The molecule has 4 unspecified atom stereocenters. The summed E-state index contributed by atoms with van der Waals surface area (Å²) in [7, 11) is 0. The van der Waals surface area contributed by atoms with Crippen LogP contribution < -0.4 is 9.47 Å². The number of ether oxygens (including phenoxy) is 2. The van der Waals surface area contributed by atoms with E-state index in [0.29, 0.717) is 33.7 Å². The van der Waals surface area contributed by atoms with Crippen LogP contribution in [0.5, 0.6) is 11.5 Å². The Hall–Kier alpha value is -2.83. The average molecular weight is 485 g/mol. The number of halogens is 2. The number of hydrogen-bond donors (Lipinski definition) is 0. The molecule has 2 aromatic rings. The summed E-state index contributed by atoms with van der Waals surface area (Å²) >= 11 is 12.7. The van der Waals surface area contributed by atoms with E-state index in [1.54, 1.807) is 18.2 Å². The maximum Gasteiger partial charge on any atom is 0.254 e. The third-order valence-corrected chi connectivity index (χ3v) is 7.08. The Labute approximate surface area is 201 Å². The molecule has 8 heteroatoms. The summed E-state index contributed by atoms with van der Waals surface area (Å²) < 4.78 is 11.7. The lowest BCUT2D eigenvalue weighted by molar-refractivity contribution is -0.140. The molecule has 0 spiro atoms. The topological polar surface area (TPSA) is 68.2 Å². The molecule has 1 heterocycles. The molecule has 4 atom stereocenters. The van der Waals surface area contributed by atoms with Gasteiger partial charge in [0.25, 0.3) is 11.8 Å². The first-order valence-corrected chi connectivity index (χ1v) is 11.7. The molecule has 2 aromatic carbocycles. The van der Waals surface area contributed by atoms with Crippen molar-refractivity contribution in [1.82, 2.24) is 5.01 Å². The molecule has 2 aliphatic carbocycles. The number of hydrogen-bond acceptors (Lipinski definition) is 5. The Morgan fingerprint density at radius 3 is 2.39 bits per heavy atom. The van der Waals surface area contributed by atoms with Crippen LogP contribution in [0.25, 0.3) is 0 Å². The Kier molecular flexibility index (Phi) is 5.89. The second-order valence-electron chi connectivity index (χ2n) is 8.38. The Morgan fingerprint density at radius 1 is 1.03 bits per heavy atom. The third-order valence-electron chi connectivity index (χ3n) is 6.43. The summed E-state index contributed by atoms with van der Waals surface area (Å²) in [5, 5.41) is 6.16. The molecule has 2 bridgehead atoms. The van der Waals surface area contributed by atoms with Gasteiger partial charge in [0.2, 0.25) is 0 Å². The molecular formula is C25H22Cl2N2O4. The smallest absolute Gasteiger partial charge is 0.254 e. The number of fused-ring (bicyclic) bond motifs is 5. The van der Waals surface area contributed by atoms with Gasteiger partial charge in [0.15, 0.2) is 11.5 Å². The molecule has 170 valence electrons. The first kappa shape index (κ1) is 22.0. The zero-order valence-corrected chi connectivity index (χ0v) is 19.4. The Balaban J connectivity index is 1.36. The van der Waals surface area contributed by atoms with E-state index in [9.17, 15) is 9.59 Å². The van der Waals surface area contributed by atoms with E-state index >= 15 is 0 Å². The van der Waals surface area contributed by atoms with E-state index in [1.165, 1.54) is 6.21 Å². The zero-order valence-electron chi connectivity index (χ0n) is 17.9. The van der Waals surface area contributed by atoms with Crippen LogP contribution in [0.1, 0.15) is 24.5 Å². The maximum absolute atomic E-state index is 12.8. The number of allylic oxidation sites excluding steroid dienone is 2. The predicted molar refractivity (Wildman–Crippen MR) is 126 cm³/mol. The van der Waals surface area contributed by atoms with E-state index in [1.807, 2.05) is 25.1 Å². The van der Waals surface area contributed by atoms with Crippen molar-refractivity contribution in [3.8, 4) is 11.5 Å². The second-order valence-corrected chi connectivity index (χ2v) is 9.19. The number of benzene rings is 2. The summed E-state index contributed by atoms with van der Waals surface area (Å²) in [5.41, 5.74) is 1.41. The molecule has 0 N–H and O–H groups in total. The second kappa shape index (κ2) is 8.84. The quantitative estimate of drug-likeness (QED) is 0.311. The molecule has 3 aliphatic rings. The highest BCUT2D eigenvalue weighted by molar-refractivity contribution is 6.32. The molecule has 1 aliphatic heterocycles. The van der Waals surface area contributed by atoms with E-state index < -0.39 is 0 Å². The van der Waals surface area contributed by atoms with Gasteiger partial charge in [-0.3, -0.25) is 9.59 Å². The third kappa shape index (κ3) is 3.91. The Bertz CT molecular complexity index is 1150. The molecule has 5 rings (SSSR count). The molecule has 0 radical (unpaired) electrons. The summed E-state index contributed by atoms with van der Waals surface area (Å²) in [6.45, 7) is 2.49. The molecule has 0 aromatic heterocycles. The van der Waals surface area contributed by atoms with Crippen molar-refractivity contribution >= 4 is 41.2 Å². The van der Waals surface area contributed by atoms with Gasteiger partial charge in [0.05, 0.1) is 29.7 Å². The minimum absolute atomic E-state index is 0.144. The van der Waals surface area contributed by atoms with Gasteiger partial charge in [-0.15, -0.1) is 0 Å². The fourth-order valence-electron chi connectivity index (χ4n) is 4.96. The molecule has 1 saturated heterocycles. The van der Waals surface area contributed by atoms with Gasteiger partial charge in [-0.2, -0.15) is 10.1 Å².